The van der Waals surface area contributed by atoms with Crippen LogP contribution in [0.15, 0.2) is 48.0 Å². The van der Waals surface area contributed by atoms with Crippen molar-refractivity contribution in [2.24, 2.45) is 0 Å². The quantitative estimate of drug-likeness (QED) is 0.507. The number of hydrogen-bond donors (Lipinski definition) is 1. The van der Waals surface area contributed by atoms with Crippen LogP contribution in [0.1, 0.15) is 24.0 Å². The number of nitriles is 1. The number of amides is 1. The molecule has 2 aromatic carbocycles. The van der Waals surface area contributed by atoms with Crippen molar-refractivity contribution in [3.8, 4) is 17.6 Å². The summed E-state index contributed by atoms with van der Waals surface area (Å²) < 4.78 is 16.7. The molecule has 1 atom stereocenters. The molecule has 7 heteroatoms. The molecule has 1 unspecified atom stereocenters. The summed E-state index contributed by atoms with van der Waals surface area (Å²) in [4.78, 5) is 12.3. The number of ether oxygens (including phenoxy) is 3. The van der Waals surface area contributed by atoms with Crippen LogP contribution in [0.25, 0.3) is 6.08 Å². The number of carbonyl (C=O) groups excluding carboxylic acids is 1. The van der Waals surface area contributed by atoms with Gasteiger partial charge in [-0.25, -0.2) is 0 Å². The first-order chi connectivity index (χ1) is 14.6. The molecule has 1 aliphatic rings. The van der Waals surface area contributed by atoms with Gasteiger partial charge >= 0.3 is 0 Å². The number of methoxy groups -OCH3 is 1. The van der Waals surface area contributed by atoms with Gasteiger partial charge < -0.3 is 19.5 Å². The molecule has 1 N–H and O–H groups in total. The van der Waals surface area contributed by atoms with Gasteiger partial charge in [0.05, 0.1) is 13.2 Å². The van der Waals surface area contributed by atoms with Gasteiger partial charge in [0.25, 0.3) is 5.91 Å². The van der Waals surface area contributed by atoms with Gasteiger partial charge in [-0.1, -0.05) is 35.9 Å². The second-order valence-corrected chi connectivity index (χ2v) is 7.21. The van der Waals surface area contributed by atoms with Crippen molar-refractivity contribution in [2.45, 2.75) is 25.6 Å². The Morgan fingerprint density at radius 1 is 1.33 bits per heavy atom. The van der Waals surface area contributed by atoms with Crippen LogP contribution >= 0.6 is 11.6 Å². The van der Waals surface area contributed by atoms with E-state index in [1.165, 1.54) is 13.2 Å². The average molecular weight is 427 g/mol. The van der Waals surface area contributed by atoms with Gasteiger partial charge in [0.2, 0.25) is 0 Å². The van der Waals surface area contributed by atoms with Gasteiger partial charge in [0, 0.05) is 23.7 Å². The number of benzene rings is 2. The molecule has 2 aromatic rings. The van der Waals surface area contributed by atoms with E-state index in [9.17, 15) is 10.1 Å². The molecule has 0 aromatic heterocycles. The summed E-state index contributed by atoms with van der Waals surface area (Å²) in [6.07, 6.45) is 3.44. The Bertz CT molecular complexity index is 962. The molecule has 156 valence electrons. The fourth-order valence-electron chi connectivity index (χ4n) is 3.09. The molecule has 0 spiro atoms. The Labute approximate surface area is 181 Å². The maximum Gasteiger partial charge on any atom is 0.262 e. The van der Waals surface area contributed by atoms with E-state index in [2.05, 4.69) is 5.32 Å². The molecule has 0 saturated carbocycles. The van der Waals surface area contributed by atoms with E-state index in [0.717, 1.165) is 18.4 Å². The molecule has 3 rings (SSSR count). The molecule has 1 amide bonds. The van der Waals surface area contributed by atoms with Crippen molar-refractivity contribution < 1.29 is 19.0 Å². The van der Waals surface area contributed by atoms with Gasteiger partial charge in [0.15, 0.2) is 11.5 Å². The molecule has 30 heavy (non-hydrogen) atoms. The summed E-state index contributed by atoms with van der Waals surface area (Å²) in [6.45, 7) is 1.41. The van der Waals surface area contributed by atoms with E-state index < -0.39 is 5.91 Å². The third-order valence-corrected chi connectivity index (χ3v) is 5.09. The number of halogens is 1. The summed E-state index contributed by atoms with van der Waals surface area (Å²) in [5.41, 5.74) is 1.53. The lowest BCUT2D eigenvalue weighted by molar-refractivity contribution is -0.117. The Hall–Kier alpha value is -3.01. The third-order valence-electron chi connectivity index (χ3n) is 4.72. The van der Waals surface area contributed by atoms with Crippen LogP contribution in [-0.2, 0) is 16.1 Å². The van der Waals surface area contributed by atoms with Crippen molar-refractivity contribution in [3.63, 3.8) is 0 Å². The van der Waals surface area contributed by atoms with Gasteiger partial charge in [0.1, 0.15) is 18.2 Å². The number of hydrogen-bond acceptors (Lipinski definition) is 5. The summed E-state index contributed by atoms with van der Waals surface area (Å²) in [7, 11) is 1.53. The van der Waals surface area contributed by atoms with E-state index in [0.29, 0.717) is 41.8 Å². The van der Waals surface area contributed by atoms with Crippen molar-refractivity contribution in [3.05, 3.63) is 64.2 Å². The first kappa shape index (κ1) is 21.7. The van der Waals surface area contributed by atoms with E-state index in [4.69, 9.17) is 25.8 Å². The fraction of sp³-hybridized carbons (Fsp3) is 0.304. The van der Waals surface area contributed by atoms with Crippen LogP contribution < -0.4 is 14.8 Å². The highest BCUT2D eigenvalue weighted by atomic mass is 35.5. The zero-order valence-electron chi connectivity index (χ0n) is 16.7. The Morgan fingerprint density at radius 2 is 2.17 bits per heavy atom. The van der Waals surface area contributed by atoms with Crippen LogP contribution in [0.2, 0.25) is 5.02 Å². The summed E-state index contributed by atoms with van der Waals surface area (Å²) in [5.74, 6) is 0.606. The molecule has 0 bridgehead atoms. The highest BCUT2D eigenvalue weighted by Crippen LogP contribution is 2.30. The molecule has 0 aliphatic carbocycles. The molecule has 0 radical (unpaired) electrons. The SMILES string of the molecule is COc1cc(/C=C(/C#N)C(=O)NCC2CCCO2)ccc1OCc1ccccc1Cl. The first-order valence-corrected chi connectivity index (χ1v) is 10.0. The zero-order chi connectivity index (χ0) is 21.3. The third kappa shape index (κ3) is 5.76. The zero-order valence-corrected chi connectivity index (χ0v) is 17.4. The number of nitrogens with zero attached hydrogens (tertiary/aromatic N) is 1. The van der Waals surface area contributed by atoms with Crippen molar-refractivity contribution in [2.75, 3.05) is 20.3 Å². The fourth-order valence-corrected chi connectivity index (χ4v) is 3.28. The molecule has 1 fully saturated rings. The minimum absolute atomic E-state index is 0.0137. The first-order valence-electron chi connectivity index (χ1n) is 9.66. The second kappa shape index (κ2) is 10.7. The van der Waals surface area contributed by atoms with Gasteiger partial charge in [-0.2, -0.15) is 5.26 Å². The lowest BCUT2D eigenvalue weighted by Gasteiger charge is -2.12. The molecular weight excluding hydrogens is 404 g/mol. The molecule has 1 saturated heterocycles. The largest absolute Gasteiger partial charge is 0.493 e. The highest BCUT2D eigenvalue weighted by Gasteiger charge is 2.18. The van der Waals surface area contributed by atoms with E-state index in [1.54, 1.807) is 24.3 Å². The van der Waals surface area contributed by atoms with Crippen LogP contribution in [0.3, 0.4) is 0 Å². The lowest BCUT2D eigenvalue weighted by Crippen LogP contribution is -2.32. The number of nitrogens with one attached hydrogen (secondary N) is 1. The minimum Gasteiger partial charge on any atom is -0.493 e. The summed E-state index contributed by atoms with van der Waals surface area (Å²) >= 11 is 6.16. The number of carbonyl (C=O) groups is 1. The lowest BCUT2D eigenvalue weighted by atomic mass is 10.1. The molecular formula is C23H23ClN2O4. The predicted molar refractivity (Wildman–Crippen MR) is 114 cm³/mol. The Morgan fingerprint density at radius 3 is 2.87 bits per heavy atom. The highest BCUT2D eigenvalue weighted by molar-refractivity contribution is 6.31. The summed E-state index contributed by atoms with van der Waals surface area (Å²) in [5, 5.41) is 12.8. The standard InChI is InChI=1S/C23H23ClN2O4/c1-28-22-12-16(8-9-21(22)30-15-17-5-2-3-7-20(17)24)11-18(13-25)23(27)26-14-19-6-4-10-29-19/h2-3,5,7-9,11-12,19H,4,6,10,14-15H2,1H3,(H,26,27)/b18-11-. The van der Waals surface area contributed by atoms with Crippen molar-refractivity contribution in [1.82, 2.24) is 5.32 Å². The monoisotopic (exact) mass is 426 g/mol. The van der Waals surface area contributed by atoms with E-state index in [-0.39, 0.29) is 11.7 Å². The Kier molecular flexibility index (Phi) is 7.72. The normalized spacial score (nSPS) is 16.0. The molecule has 1 heterocycles. The average Bonchev–Trinajstić information content (AvgIpc) is 3.29. The van der Waals surface area contributed by atoms with Gasteiger partial charge in [-0.05, 0) is 42.7 Å². The molecule has 1 aliphatic heterocycles. The predicted octanol–water partition coefficient (Wildman–Crippen LogP) is 4.13. The van der Waals surface area contributed by atoms with E-state index >= 15 is 0 Å². The van der Waals surface area contributed by atoms with Crippen molar-refractivity contribution in [1.29, 1.82) is 5.26 Å². The Balaban J connectivity index is 1.68. The maximum absolute atomic E-state index is 12.3. The second-order valence-electron chi connectivity index (χ2n) is 6.81. The van der Waals surface area contributed by atoms with Gasteiger partial charge in [-0.15, -0.1) is 0 Å². The smallest absolute Gasteiger partial charge is 0.262 e. The van der Waals surface area contributed by atoms with Gasteiger partial charge in [-0.3, -0.25) is 4.79 Å². The topological polar surface area (TPSA) is 80.6 Å². The van der Waals surface area contributed by atoms with Crippen LogP contribution in [-0.4, -0.2) is 32.3 Å². The number of rotatable bonds is 8. The maximum atomic E-state index is 12.3. The van der Waals surface area contributed by atoms with Crippen molar-refractivity contribution >= 4 is 23.6 Å². The van der Waals surface area contributed by atoms with Crippen LogP contribution in [0, 0.1) is 11.3 Å². The van der Waals surface area contributed by atoms with Crippen LogP contribution in [0.4, 0.5) is 0 Å². The summed E-state index contributed by atoms with van der Waals surface area (Å²) in [6, 6.07) is 14.6. The van der Waals surface area contributed by atoms with Crippen LogP contribution in [0.5, 0.6) is 11.5 Å². The molecule has 6 nitrogen and oxygen atoms in total. The minimum atomic E-state index is -0.425. The van der Waals surface area contributed by atoms with E-state index in [1.807, 2.05) is 24.3 Å².